The minimum Gasteiger partial charge on any atom is -0.466 e. The van der Waals surface area contributed by atoms with Gasteiger partial charge >= 0.3 is 11.9 Å². The average molecular weight is 479 g/mol. The first-order valence-corrected chi connectivity index (χ1v) is 11.4. The molecule has 0 fully saturated rings. The van der Waals surface area contributed by atoms with E-state index >= 15 is 0 Å². The zero-order valence-corrected chi connectivity index (χ0v) is 19.9. The third-order valence-electron chi connectivity index (χ3n) is 5.62. The molecule has 0 saturated heterocycles. The van der Waals surface area contributed by atoms with Crippen LogP contribution in [0.3, 0.4) is 0 Å². The number of methoxy groups -OCH3 is 1. The minimum absolute atomic E-state index is 0.216. The molecular weight excluding hydrogens is 448 g/mol. The van der Waals surface area contributed by atoms with E-state index < -0.39 is 29.8 Å². The van der Waals surface area contributed by atoms with Gasteiger partial charge in [-0.05, 0) is 25.5 Å². The monoisotopic (exact) mass is 478 g/mol. The van der Waals surface area contributed by atoms with Crippen LogP contribution in [-0.2, 0) is 23.8 Å². The molecule has 9 nitrogen and oxygen atoms in total. The summed E-state index contributed by atoms with van der Waals surface area (Å²) >= 11 is 6.52. The van der Waals surface area contributed by atoms with Crippen LogP contribution in [0, 0.1) is 5.92 Å². The first-order chi connectivity index (χ1) is 16.0. The normalized spacial score (nSPS) is 22.2. The van der Waals surface area contributed by atoms with E-state index in [0.29, 0.717) is 35.0 Å². The number of allylic oxidation sites excluding steroid dienone is 1. The topological polar surface area (TPSA) is 110 Å². The third kappa shape index (κ3) is 5.97. The molecule has 33 heavy (non-hydrogen) atoms. The van der Waals surface area contributed by atoms with Crippen LogP contribution in [0.2, 0.25) is 5.02 Å². The molecule has 0 saturated carbocycles. The van der Waals surface area contributed by atoms with Crippen LogP contribution >= 0.6 is 11.6 Å². The van der Waals surface area contributed by atoms with E-state index in [1.807, 2.05) is 12.1 Å². The fourth-order valence-electron chi connectivity index (χ4n) is 4.21. The van der Waals surface area contributed by atoms with Gasteiger partial charge in [0.1, 0.15) is 0 Å². The molecule has 0 radical (unpaired) electrons. The number of esters is 2. The molecule has 3 N–H and O–H groups in total. The van der Waals surface area contributed by atoms with E-state index in [9.17, 15) is 9.59 Å². The lowest BCUT2D eigenvalue weighted by molar-refractivity contribution is -0.151. The van der Waals surface area contributed by atoms with Crippen LogP contribution in [0.15, 0.2) is 40.5 Å². The maximum Gasteiger partial charge on any atom is 0.336 e. The van der Waals surface area contributed by atoms with Gasteiger partial charge in [0, 0.05) is 29.7 Å². The van der Waals surface area contributed by atoms with Crippen molar-refractivity contribution in [3.05, 3.63) is 46.1 Å². The van der Waals surface area contributed by atoms with Gasteiger partial charge in [-0.15, -0.1) is 0 Å². The molecule has 2 aliphatic rings. The van der Waals surface area contributed by atoms with Gasteiger partial charge in [-0.25, -0.2) is 4.79 Å². The predicted octanol–water partition coefficient (Wildman–Crippen LogP) is 1.59. The standard InChI is InChI=1S/C23H31ClN4O5/c1-4-33-22(30)20-17(13-32-12-11-27-23-25-9-10-26-23)28-14(2)18(21(29)31-3)19(20)15-7-5-6-8-16(15)24/h5-8,17,19-20,28H,4,9-13H2,1-3H3,(H2,25,26,27). The predicted molar refractivity (Wildman–Crippen MR) is 125 cm³/mol. The van der Waals surface area contributed by atoms with Gasteiger partial charge < -0.3 is 30.2 Å². The van der Waals surface area contributed by atoms with Crippen molar-refractivity contribution in [3.8, 4) is 0 Å². The molecule has 2 heterocycles. The lowest BCUT2D eigenvalue weighted by atomic mass is 9.73. The molecule has 3 atom stereocenters. The van der Waals surface area contributed by atoms with Crippen molar-refractivity contribution < 1.29 is 23.8 Å². The molecule has 0 amide bonds. The van der Waals surface area contributed by atoms with Crippen molar-refractivity contribution in [2.24, 2.45) is 10.9 Å². The van der Waals surface area contributed by atoms with Crippen LogP contribution in [0.1, 0.15) is 25.3 Å². The summed E-state index contributed by atoms with van der Waals surface area (Å²) in [5.41, 5.74) is 1.63. The molecule has 0 spiro atoms. The van der Waals surface area contributed by atoms with Gasteiger partial charge in [0.25, 0.3) is 0 Å². The molecule has 1 aromatic carbocycles. The largest absolute Gasteiger partial charge is 0.466 e. The van der Waals surface area contributed by atoms with Gasteiger partial charge in [-0.2, -0.15) is 0 Å². The van der Waals surface area contributed by atoms with Crippen LogP contribution in [0.5, 0.6) is 0 Å². The minimum atomic E-state index is -0.739. The second kappa shape index (κ2) is 11.9. The van der Waals surface area contributed by atoms with E-state index in [1.165, 1.54) is 7.11 Å². The number of guanidine groups is 1. The maximum absolute atomic E-state index is 13.2. The number of carbonyl (C=O) groups is 2. The average Bonchev–Trinajstić information content (AvgIpc) is 3.32. The van der Waals surface area contributed by atoms with E-state index in [2.05, 4.69) is 20.9 Å². The Balaban J connectivity index is 1.85. The summed E-state index contributed by atoms with van der Waals surface area (Å²) < 4.78 is 16.3. The summed E-state index contributed by atoms with van der Waals surface area (Å²) in [6, 6.07) is 6.76. The summed E-state index contributed by atoms with van der Waals surface area (Å²) in [7, 11) is 1.32. The number of benzene rings is 1. The molecule has 3 rings (SSSR count). The van der Waals surface area contributed by atoms with E-state index in [4.69, 9.17) is 25.8 Å². The van der Waals surface area contributed by atoms with Crippen molar-refractivity contribution >= 4 is 29.5 Å². The third-order valence-corrected chi connectivity index (χ3v) is 5.97. The highest BCUT2D eigenvalue weighted by molar-refractivity contribution is 6.31. The number of nitrogens with one attached hydrogen (secondary N) is 3. The zero-order valence-electron chi connectivity index (χ0n) is 19.2. The molecule has 0 aromatic heterocycles. The van der Waals surface area contributed by atoms with Crippen molar-refractivity contribution in [1.29, 1.82) is 0 Å². The number of hydrogen-bond donors (Lipinski definition) is 3. The molecule has 2 aliphatic heterocycles. The van der Waals surface area contributed by atoms with Gasteiger partial charge in [-0.1, -0.05) is 29.8 Å². The fraction of sp³-hybridized carbons (Fsp3) is 0.522. The van der Waals surface area contributed by atoms with Crippen LogP contribution < -0.4 is 16.0 Å². The van der Waals surface area contributed by atoms with Gasteiger partial charge in [-0.3, -0.25) is 9.79 Å². The first-order valence-electron chi connectivity index (χ1n) is 11.0. The number of nitrogens with zero attached hydrogens (tertiary/aromatic N) is 1. The first kappa shape index (κ1) is 24.9. The molecule has 180 valence electrons. The Morgan fingerprint density at radius 3 is 2.76 bits per heavy atom. The van der Waals surface area contributed by atoms with Crippen LogP contribution in [0.4, 0.5) is 0 Å². The summed E-state index contributed by atoms with van der Waals surface area (Å²) in [5, 5.41) is 10.0. The number of rotatable bonds is 9. The summed E-state index contributed by atoms with van der Waals surface area (Å²) in [4.78, 5) is 30.2. The number of hydrogen-bond acceptors (Lipinski definition) is 9. The Morgan fingerprint density at radius 2 is 2.09 bits per heavy atom. The molecule has 0 bridgehead atoms. The quantitative estimate of drug-likeness (QED) is 0.362. The molecule has 3 unspecified atom stereocenters. The number of aliphatic imine (C=N–C) groups is 1. The summed E-state index contributed by atoms with van der Waals surface area (Å²) in [5.74, 6) is -1.57. The van der Waals surface area contributed by atoms with Crippen molar-refractivity contribution in [1.82, 2.24) is 16.0 Å². The molecule has 1 aromatic rings. The highest BCUT2D eigenvalue weighted by Gasteiger charge is 2.46. The lowest BCUT2D eigenvalue weighted by Gasteiger charge is -2.39. The van der Waals surface area contributed by atoms with Gasteiger partial charge in [0.2, 0.25) is 0 Å². The Morgan fingerprint density at radius 1 is 1.30 bits per heavy atom. The van der Waals surface area contributed by atoms with Gasteiger partial charge in [0.05, 0.1) is 51.0 Å². The highest BCUT2D eigenvalue weighted by atomic mass is 35.5. The number of ether oxygens (including phenoxy) is 3. The van der Waals surface area contributed by atoms with Crippen molar-refractivity contribution in [2.45, 2.75) is 25.8 Å². The summed E-state index contributed by atoms with van der Waals surface area (Å²) in [6.45, 7) is 6.55. The Kier molecular flexibility index (Phi) is 8.96. The highest BCUT2D eigenvalue weighted by Crippen LogP contribution is 2.42. The van der Waals surface area contributed by atoms with Crippen LogP contribution in [-0.4, -0.2) is 70.5 Å². The second-order valence-corrected chi connectivity index (χ2v) is 8.12. The summed E-state index contributed by atoms with van der Waals surface area (Å²) in [6.07, 6.45) is 0. The SMILES string of the molecule is CCOC(=O)C1C(COCCNC2=NCCN2)NC(C)=C(C(=O)OC)C1c1ccccc1Cl. The zero-order chi connectivity index (χ0) is 23.8. The van der Waals surface area contributed by atoms with Gasteiger partial charge in [0.15, 0.2) is 5.96 Å². The smallest absolute Gasteiger partial charge is 0.336 e. The maximum atomic E-state index is 13.2. The lowest BCUT2D eigenvalue weighted by Crippen LogP contribution is -2.51. The second-order valence-electron chi connectivity index (χ2n) is 7.72. The van der Waals surface area contributed by atoms with E-state index in [-0.39, 0.29) is 13.2 Å². The molecular formula is C23H31ClN4O5. The van der Waals surface area contributed by atoms with E-state index in [1.54, 1.807) is 26.0 Å². The Labute approximate surface area is 198 Å². The van der Waals surface area contributed by atoms with Crippen LogP contribution in [0.25, 0.3) is 0 Å². The number of halogens is 1. The number of carbonyl (C=O) groups excluding carboxylic acids is 2. The fourth-order valence-corrected chi connectivity index (χ4v) is 4.46. The Bertz CT molecular complexity index is 920. The molecule has 0 aliphatic carbocycles. The van der Waals surface area contributed by atoms with Crippen molar-refractivity contribution in [2.75, 3.05) is 46.6 Å². The Hall–Kier alpha value is -2.78. The van der Waals surface area contributed by atoms with E-state index in [0.717, 1.165) is 19.0 Å². The molecule has 10 heteroatoms. The van der Waals surface area contributed by atoms with Crippen molar-refractivity contribution in [3.63, 3.8) is 0 Å².